The van der Waals surface area contributed by atoms with Crippen LogP contribution < -0.4 is 0 Å². The van der Waals surface area contributed by atoms with E-state index in [1.807, 2.05) is 0 Å². The molecule has 0 saturated carbocycles. The van der Waals surface area contributed by atoms with Gasteiger partial charge in [-0.15, -0.1) is 0 Å². The van der Waals surface area contributed by atoms with Gasteiger partial charge in [0.15, 0.2) is 0 Å². The SMILES string of the molecule is C/C=C\C=C(/C)c1cccc([C@@H]2C[C@@H](C)Cc3ccccc32)c1. The summed E-state index contributed by atoms with van der Waals surface area (Å²) in [5.74, 6) is 1.28. The maximum Gasteiger partial charge on any atom is 0.00949 e. The molecule has 0 N–H and O–H groups in total. The minimum absolute atomic E-state index is 0.532. The number of benzene rings is 2. The third-order valence-electron chi connectivity index (χ3n) is 4.92. The Hall–Kier alpha value is -2.08. The zero-order chi connectivity index (χ0) is 16.2. The van der Waals surface area contributed by atoms with E-state index in [0.29, 0.717) is 5.92 Å². The third-order valence-corrected chi connectivity index (χ3v) is 4.92. The Morgan fingerprint density at radius 2 is 1.91 bits per heavy atom. The van der Waals surface area contributed by atoms with E-state index in [9.17, 15) is 0 Å². The minimum Gasteiger partial charge on any atom is -0.0877 e. The van der Waals surface area contributed by atoms with Crippen LogP contribution in [0, 0.1) is 5.92 Å². The van der Waals surface area contributed by atoms with E-state index in [1.165, 1.54) is 40.7 Å². The number of allylic oxidation sites excluding steroid dienone is 4. The maximum absolute atomic E-state index is 2.38. The van der Waals surface area contributed by atoms with Crippen LogP contribution >= 0.6 is 0 Å². The number of hydrogen-bond donors (Lipinski definition) is 0. The lowest BCUT2D eigenvalue weighted by atomic mass is 9.74. The topological polar surface area (TPSA) is 0 Å². The molecule has 0 bridgehead atoms. The van der Waals surface area contributed by atoms with Gasteiger partial charge in [-0.2, -0.15) is 0 Å². The molecule has 0 nitrogen and oxygen atoms in total. The first-order valence-electron chi connectivity index (χ1n) is 8.66. The number of fused-ring (bicyclic) bond motifs is 1. The van der Waals surface area contributed by atoms with Crippen LogP contribution in [0.1, 0.15) is 55.4 Å². The summed E-state index contributed by atoms with van der Waals surface area (Å²) in [5.41, 5.74) is 7.16. The second-order valence-electron chi connectivity index (χ2n) is 6.80. The fourth-order valence-corrected chi connectivity index (χ4v) is 3.70. The summed E-state index contributed by atoms with van der Waals surface area (Å²) in [6.45, 7) is 6.63. The standard InChI is InChI=1S/C23H26/c1-4-5-9-18(3)19-11-8-12-21(16-19)23-15-17(2)14-20-10-6-7-13-22(20)23/h4-13,16-17,23H,14-15H2,1-3H3/b5-4-,18-9+/t17-,23-/m0/s1. The molecule has 2 aromatic rings. The second-order valence-corrected chi connectivity index (χ2v) is 6.80. The highest BCUT2D eigenvalue weighted by Crippen LogP contribution is 2.39. The molecule has 118 valence electrons. The quantitative estimate of drug-likeness (QED) is 0.577. The first kappa shape index (κ1) is 15.8. The Morgan fingerprint density at radius 1 is 1.09 bits per heavy atom. The van der Waals surface area contributed by atoms with Crippen molar-refractivity contribution >= 4 is 5.57 Å². The van der Waals surface area contributed by atoms with E-state index < -0.39 is 0 Å². The van der Waals surface area contributed by atoms with Gasteiger partial charge in [0.1, 0.15) is 0 Å². The highest BCUT2D eigenvalue weighted by atomic mass is 14.3. The molecule has 0 amide bonds. The number of hydrogen-bond acceptors (Lipinski definition) is 0. The first-order valence-corrected chi connectivity index (χ1v) is 8.66. The van der Waals surface area contributed by atoms with Crippen LogP contribution in [0.5, 0.6) is 0 Å². The molecule has 3 rings (SSSR count). The molecule has 0 saturated heterocycles. The van der Waals surface area contributed by atoms with Crippen molar-refractivity contribution in [3.05, 3.63) is 89.0 Å². The van der Waals surface area contributed by atoms with Crippen molar-refractivity contribution in [1.29, 1.82) is 0 Å². The highest BCUT2D eigenvalue weighted by molar-refractivity contribution is 5.66. The highest BCUT2D eigenvalue weighted by Gasteiger charge is 2.25. The molecule has 2 atom stereocenters. The van der Waals surface area contributed by atoms with E-state index in [-0.39, 0.29) is 0 Å². The van der Waals surface area contributed by atoms with Crippen molar-refractivity contribution in [3.8, 4) is 0 Å². The molecule has 0 radical (unpaired) electrons. The molecule has 0 spiro atoms. The first-order chi connectivity index (χ1) is 11.2. The van der Waals surface area contributed by atoms with Gasteiger partial charge in [0.05, 0.1) is 0 Å². The van der Waals surface area contributed by atoms with Gasteiger partial charge in [-0.05, 0) is 60.4 Å². The van der Waals surface area contributed by atoms with Crippen molar-refractivity contribution in [1.82, 2.24) is 0 Å². The fourth-order valence-electron chi connectivity index (χ4n) is 3.70. The van der Waals surface area contributed by atoms with Crippen LogP contribution in [0.25, 0.3) is 5.57 Å². The molecule has 1 aliphatic rings. The van der Waals surface area contributed by atoms with Crippen molar-refractivity contribution in [3.63, 3.8) is 0 Å². The Kier molecular flexibility index (Phi) is 4.81. The average Bonchev–Trinajstić information content (AvgIpc) is 2.59. The molecule has 23 heavy (non-hydrogen) atoms. The second kappa shape index (κ2) is 7.00. The molecule has 0 heterocycles. The molecular weight excluding hydrogens is 276 g/mol. The summed E-state index contributed by atoms with van der Waals surface area (Å²) in [6, 6.07) is 18.1. The molecule has 0 aliphatic heterocycles. The van der Waals surface area contributed by atoms with Gasteiger partial charge in [-0.3, -0.25) is 0 Å². The molecule has 0 heteroatoms. The van der Waals surface area contributed by atoms with Crippen LogP contribution in [0.2, 0.25) is 0 Å². The molecule has 2 aromatic carbocycles. The molecular formula is C23H26. The number of rotatable bonds is 3. The summed E-state index contributed by atoms with van der Waals surface area (Å²) in [6.07, 6.45) is 8.84. The van der Waals surface area contributed by atoms with Crippen LogP contribution in [-0.4, -0.2) is 0 Å². The summed E-state index contributed by atoms with van der Waals surface area (Å²) in [5, 5.41) is 0. The Labute approximate surface area is 140 Å². The van der Waals surface area contributed by atoms with Gasteiger partial charge in [-0.25, -0.2) is 0 Å². The van der Waals surface area contributed by atoms with Crippen molar-refractivity contribution in [2.45, 2.75) is 39.5 Å². The van der Waals surface area contributed by atoms with Crippen LogP contribution in [-0.2, 0) is 6.42 Å². The Morgan fingerprint density at radius 3 is 2.74 bits per heavy atom. The summed E-state index contributed by atoms with van der Waals surface area (Å²) in [7, 11) is 0. The Bertz CT molecular complexity index is 733. The van der Waals surface area contributed by atoms with Gasteiger partial charge >= 0.3 is 0 Å². The Balaban J connectivity index is 1.99. The summed E-state index contributed by atoms with van der Waals surface area (Å²) in [4.78, 5) is 0. The lowest BCUT2D eigenvalue weighted by molar-refractivity contribution is 0.464. The third kappa shape index (κ3) is 3.47. The predicted octanol–water partition coefficient (Wildman–Crippen LogP) is 6.38. The normalized spacial score (nSPS) is 21.4. The zero-order valence-corrected chi connectivity index (χ0v) is 14.4. The van der Waals surface area contributed by atoms with Gasteiger partial charge in [0.25, 0.3) is 0 Å². The van der Waals surface area contributed by atoms with Crippen LogP contribution in [0.3, 0.4) is 0 Å². The fraction of sp³-hybridized carbons (Fsp3) is 0.304. The van der Waals surface area contributed by atoms with E-state index in [0.717, 1.165) is 5.92 Å². The van der Waals surface area contributed by atoms with Gasteiger partial charge in [-0.1, -0.05) is 73.7 Å². The van der Waals surface area contributed by atoms with Crippen LogP contribution in [0.4, 0.5) is 0 Å². The lowest BCUT2D eigenvalue weighted by Crippen LogP contribution is -2.17. The molecule has 0 aromatic heterocycles. The lowest BCUT2D eigenvalue weighted by Gasteiger charge is -2.30. The maximum atomic E-state index is 2.38. The molecule has 0 unspecified atom stereocenters. The van der Waals surface area contributed by atoms with E-state index >= 15 is 0 Å². The van der Waals surface area contributed by atoms with Crippen molar-refractivity contribution < 1.29 is 0 Å². The summed E-state index contributed by atoms with van der Waals surface area (Å²) < 4.78 is 0. The average molecular weight is 302 g/mol. The van der Waals surface area contributed by atoms with E-state index in [2.05, 4.69) is 87.5 Å². The zero-order valence-electron chi connectivity index (χ0n) is 14.4. The van der Waals surface area contributed by atoms with Crippen molar-refractivity contribution in [2.75, 3.05) is 0 Å². The molecule has 1 aliphatic carbocycles. The minimum atomic E-state index is 0.532. The largest absolute Gasteiger partial charge is 0.0877 e. The molecule has 0 fully saturated rings. The smallest absolute Gasteiger partial charge is 0.00949 e. The van der Waals surface area contributed by atoms with Gasteiger partial charge in [0.2, 0.25) is 0 Å². The van der Waals surface area contributed by atoms with Gasteiger partial charge in [0, 0.05) is 5.92 Å². The van der Waals surface area contributed by atoms with Crippen LogP contribution in [0.15, 0.2) is 66.8 Å². The van der Waals surface area contributed by atoms with Crippen molar-refractivity contribution in [2.24, 2.45) is 5.92 Å². The van der Waals surface area contributed by atoms with E-state index in [1.54, 1.807) is 0 Å². The summed E-state index contributed by atoms with van der Waals surface area (Å²) >= 11 is 0. The van der Waals surface area contributed by atoms with Gasteiger partial charge < -0.3 is 0 Å². The monoisotopic (exact) mass is 302 g/mol. The predicted molar refractivity (Wildman–Crippen MR) is 101 cm³/mol. The van der Waals surface area contributed by atoms with E-state index in [4.69, 9.17) is 0 Å².